The van der Waals surface area contributed by atoms with E-state index in [1.165, 1.54) is 5.69 Å². The van der Waals surface area contributed by atoms with E-state index in [9.17, 15) is 4.79 Å². The van der Waals surface area contributed by atoms with Gasteiger partial charge in [0.15, 0.2) is 0 Å². The highest BCUT2D eigenvalue weighted by molar-refractivity contribution is 9.10. The number of aryl methyl sites for hydroxylation is 2. The van der Waals surface area contributed by atoms with E-state index in [0.717, 1.165) is 42.9 Å². The van der Waals surface area contributed by atoms with Crippen molar-refractivity contribution in [2.45, 2.75) is 19.9 Å². The first kappa shape index (κ1) is 15.5. The number of aromatic nitrogens is 2. The monoisotopic (exact) mass is 344 g/mol. The molecule has 1 aliphatic rings. The number of hydrogen-bond donors (Lipinski definition) is 1. The molecule has 20 heavy (non-hydrogen) atoms. The number of carbonyl (C=O) groups is 1. The van der Waals surface area contributed by atoms with Crippen molar-refractivity contribution >= 4 is 21.9 Å². The van der Waals surface area contributed by atoms with Crippen molar-refractivity contribution in [1.29, 1.82) is 0 Å². The van der Waals surface area contributed by atoms with Gasteiger partial charge in [0.2, 0.25) is 0 Å². The molecule has 1 saturated heterocycles. The molecule has 0 bridgehead atoms. The van der Waals surface area contributed by atoms with Crippen LogP contribution in [0.1, 0.15) is 17.8 Å². The Morgan fingerprint density at radius 3 is 2.40 bits per heavy atom. The molecular weight excluding hydrogens is 324 g/mol. The normalized spacial score (nSPS) is 17.6. The number of carboxylic acids is 1. The third-order valence-electron chi connectivity index (χ3n) is 3.74. The van der Waals surface area contributed by atoms with Gasteiger partial charge in [0.05, 0.1) is 22.3 Å². The highest BCUT2D eigenvalue weighted by atomic mass is 79.9. The third kappa shape index (κ3) is 3.80. The number of hydrogen-bond acceptors (Lipinski definition) is 4. The van der Waals surface area contributed by atoms with Gasteiger partial charge in [-0.05, 0) is 22.9 Å². The number of carboxylic acid groups (broad SMARTS) is 1. The highest BCUT2D eigenvalue weighted by Crippen LogP contribution is 2.22. The highest BCUT2D eigenvalue weighted by Gasteiger charge is 2.20. The molecule has 7 heteroatoms. The van der Waals surface area contributed by atoms with Gasteiger partial charge in [0.1, 0.15) is 0 Å². The number of piperazine rings is 1. The molecule has 1 fully saturated rings. The minimum atomic E-state index is -0.721. The summed E-state index contributed by atoms with van der Waals surface area (Å²) in [4.78, 5) is 15.2. The van der Waals surface area contributed by atoms with Crippen molar-refractivity contribution in [3.63, 3.8) is 0 Å². The van der Waals surface area contributed by atoms with Crippen LogP contribution < -0.4 is 0 Å². The molecule has 0 aromatic carbocycles. The van der Waals surface area contributed by atoms with Crippen molar-refractivity contribution in [2.24, 2.45) is 7.05 Å². The summed E-state index contributed by atoms with van der Waals surface area (Å²) in [6.45, 7) is 7.33. The van der Waals surface area contributed by atoms with Gasteiger partial charge >= 0.3 is 5.97 Å². The fourth-order valence-electron chi connectivity index (χ4n) is 2.49. The Morgan fingerprint density at radius 1 is 1.30 bits per heavy atom. The van der Waals surface area contributed by atoms with Crippen LogP contribution in [0.2, 0.25) is 0 Å². The van der Waals surface area contributed by atoms with Crippen LogP contribution >= 0.6 is 15.9 Å². The molecule has 6 nitrogen and oxygen atoms in total. The molecular formula is C13H21BrN4O2. The molecule has 0 spiro atoms. The van der Waals surface area contributed by atoms with Crippen LogP contribution in [0, 0.1) is 6.92 Å². The Morgan fingerprint density at radius 2 is 1.90 bits per heavy atom. The average molecular weight is 345 g/mol. The Kier molecular flexibility index (Phi) is 5.17. The van der Waals surface area contributed by atoms with Crippen molar-refractivity contribution in [1.82, 2.24) is 19.6 Å². The molecule has 1 aliphatic heterocycles. The molecule has 1 aromatic heterocycles. The summed E-state index contributed by atoms with van der Waals surface area (Å²) in [5, 5.41) is 13.1. The van der Waals surface area contributed by atoms with E-state index >= 15 is 0 Å². The van der Waals surface area contributed by atoms with E-state index in [0.29, 0.717) is 6.54 Å². The van der Waals surface area contributed by atoms with Gasteiger partial charge in [-0.2, -0.15) is 5.10 Å². The Balaban J connectivity index is 1.84. The van der Waals surface area contributed by atoms with Crippen LogP contribution in [-0.2, 0) is 18.4 Å². The molecule has 1 N–H and O–H groups in total. The summed E-state index contributed by atoms with van der Waals surface area (Å²) in [6.07, 6.45) is 0.229. The van der Waals surface area contributed by atoms with Crippen LogP contribution in [0.5, 0.6) is 0 Å². The van der Waals surface area contributed by atoms with E-state index in [4.69, 9.17) is 5.11 Å². The van der Waals surface area contributed by atoms with Gasteiger partial charge in [-0.25, -0.2) is 0 Å². The van der Waals surface area contributed by atoms with E-state index in [2.05, 4.69) is 30.8 Å². The van der Waals surface area contributed by atoms with E-state index in [1.54, 1.807) is 0 Å². The number of aliphatic carboxylic acids is 1. The predicted octanol–water partition coefficient (Wildman–Crippen LogP) is 1.08. The number of rotatable bonds is 5. The molecule has 0 amide bonds. The van der Waals surface area contributed by atoms with Crippen LogP contribution in [0.4, 0.5) is 0 Å². The predicted molar refractivity (Wildman–Crippen MR) is 79.6 cm³/mol. The number of nitrogens with zero attached hydrogens (tertiary/aromatic N) is 4. The standard InChI is InChI=1S/C13H21BrN4O2/c1-10-13(14)11(16(2)15-10)9-18-7-5-17(6-8-18)4-3-12(19)20/h3-9H2,1-2H3,(H,19,20). The lowest BCUT2D eigenvalue weighted by Gasteiger charge is -2.34. The quantitative estimate of drug-likeness (QED) is 0.866. The van der Waals surface area contributed by atoms with Gasteiger partial charge in [-0.1, -0.05) is 0 Å². The SMILES string of the molecule is Cc1nn(C)c(CN2CCN(CCC(=O)O)CC2)c1Br. The molecule has 0 atom stereocenters. The molecule has 2 rings (SSSR count). The summed E-state index contributed by atoms with van der Waals surface area (Å²) in [5.41, 5.74) is 2.21. The average Bonchev–Trinajstić information content (AvgIpc) is 2.64. The van der Waals surface area contributed by atoms with Crippen molar-refractivity contribution in [3.05, 3.63) is 15.9 Å². The topological polar surface area (TPSA) is 61.6 Å². The first-order valence-corrected chi connectivity index (χ1v) is 7.61. The Labute approximate surface area is 127 Å². The zero-order valence-electron chi connectivity index (χ0n) is 12.0. The maximum Gasteiger partial charge on any atom is 0.304 e. The van der Waals surface area contributed by atoms with E-state index in [-0.39, 0.29) is 6.42 Å². The fourth-order valence-corrected chi connectivity index (χ4v) is 2.95. The maximum atomic E-state index is 10.6. The van der Waals surface area contributed by atoms with Gasteiger partial charge in [0.25, 0.3) is 0 Å². The molecule has 0 radical (unpaired) electrons. The zero-order chi connectivity index (χ0) is 14.7. The molecule has 0 unspecified atom stereocenters. The lowest BCUT2D eigenvalue weighted by atomic mass is 10.2. The van der Waals surface area contributed by atoms with Crippen molar-refractivity contribution < 1.29 is 9.90 Å². The Hall–Kier alpha value is -0.920. The van der Waals surface area contributed by atoms with Gasteiger partial charge in [0, 0.05) is 46.3 Å². The molecule has 2 heterocycles. The van der Waals surface area contributed by atoms with E-state index in [1.807, 2.05) is 18.7 Å². The smallest absolute Gasteiger partial charge is 0.304 e. The summed E-state index contributed by atoms with van der Waals surface area (Å²) in [7, 11) is 1.97. The summed E-state index contributed by atoms with van der Waals surface area (Å²) in [5.74, 6) is -0.721. The van der Waals surface area contributed by atoms with Gasteiger partial charge in [-0.15, -0.1) is 0 Å². The Bertz CT molecular complexity index is 481. The van der Waals surface area contributed by atoms with Crippen LogP contribution in [0.25, 0.3) is 0 Å². The summed E-state index contributed by atoms with van der Waals surface area (Å²) < 4.78 is 3.02. The van der Waals surface area contributed by atoms with Crippen LogP contribution in [0.15, 0.2) is 4.47 Å². The minimum Gasteiger partial charge on any atom is -0.481 e. The molecule has 1 aromatic rings. The molecule has 0 aliphatic carbocycles. The molecule has 0 saturated carbocycles. The lowest BCUT2D eigenvalue weighted by Crippen LogP contribution is -2.46. The second-order valence-corrected chi connectivity index (χ2v) is 6.02. The fraction of sp³-hybridized carbons (Fsp3) is 0.692. The largest absolute Gasteiger partial charge is 0.481 e. The first-order valence-electron chi connectivity index (χ1n) is 6.82. The second kappa shape index (κ2) is 6.69. The summed E-state index contributed by atoms with van der Waals surface area (Å²) in [6, 6.07) is 0. The van der Waals surface area contributed by atoms with Crippen LogP contribution in [0.3, 0.4) is 0 Å². The van der Waals surface area contributed by atoms with Gasteiger partial charge in [-0.3, -0.25) is 14.4 Å². The van der Waals surface area contributed by atoms with Crippen LogP contribution in [-0.4, -0.2) is 63.4 Å². The maximum absolute atomic E-state index is 10.6. The van der Waals surface area contributed by atoms with Gasteiger partial charge < -0.3 is 10.0 Å². The summed E-state index contributed by atoms with van der Waals surface area (Å²) >= 11 is 3.59. The zero-order valence-corrected chi connectivity index (χ0v) is 13.6. The van der Waals surface area contributed by atoms with E-state index < -0.39 is 5.97 Å². The second-order valence-electron chi connectivity index (χ2n) is 5.23. The molecule has 112 valence electrons. The first-order chi connectivity index (χ1) is 9.47. The lowest BCUT2D eigenvalue weighted by molar-refractivity contribution is -0.137. The van der Waals surface area contributed by atoms with Crippen molar-refractivity contribution in [3.8, 4) is 0 Å². The minimum absolute atomic E-state index is 0.229. The number of halogens is 1. The third-order valence-corrected chi connectivity index (χ3v) is 4.77. The van der Waals surface area contributed by atoms with Crippen molar-refractivity contribution in [2.75, 3.05) is 32.7 Å².